The highest BCUT2D eigenvalue weighted by atomic mass is 16.8. The second kappa shape index (κ2) is 34.8. The van der Waals surface area contributed by atoms with E-state index < -0.39 is 141 Å². The van der Waals surface area contributed by atoms with Crippen LogP contribution in [-0.2, 0) is 100 Å². The molecule has 10 rings (SSSR count). The number of benzene rings is 7. The van der Waals surface area contributed by atoms with Crippen LogP contribution in [0.3, 0.4) is 0 Å². The van der Waals surface area contributed by atoms with Gasteiger partial charge in [-0.1, -0.05) is 170 Å². The summed E-state index contributed by atoms with van der Waals surface area (Å²) >= 11 is 0. The van der Waals surface area contributed by atoms with Gasteiger partial charge in [0.1, 0.15) is 55.9 Å². The summed E-state index contributed by atoms with van der Waals surface area (Å²) in [4.78, 5) is 83.8. The molecule has 3 saturated heterocycles. The first-order valence-electron chi connectivity index (χ1n) is 31.2. The van der Waals surface area contributed by atoms with Crippen molar-refractivity contribution < 1.29 is 105 Å². The summed E-state index contributed by atoms with van der Waals surface area (Å²) in [5.41, 5.74) is 2.52. The lowest BCUT2D eigenvalue weighted by Gasteiger charge is -2.51. The number of hydrogen-bond acceptors (Lipinski definition) is 22. The Balaban J connectivity index is 1.10. The van der Waals surface area contributed by atoms with Gasteiger partial charge >= 0.3 is 36.0 Å². The quantitative estimate of drug-likeness (QED) is 0.0251. The number of esters is 5. The van der Waals surface area contributed by atoms with Crippen LogP contribution in [0.4, 0.5) is 4.79 Å². The summed E-state index contributed by atoms with van der Waals surface area (Å²) in [5, 5.41) is 0. The molecular weight excluding hydrogens is 1240 g/mol. The Morgan fingerprint density at radius 2 is 0.750 bits per heavy atom. The molecule has 0 aliphatic carbocycles. The monoisotopic (exact) mass is 1310 g/mol. The van der Waals surface area contributed by atoms with Gasteiger partial charge in [0, 0.05) is 6.92 Å². The molecule has 3 fully saturated rings. The minimum Gasteiger partial charge on any atom is -0.459 e. The van der Waals surface area contributed by atoms with Crippen molar-refractivity contribution in [1.29, 1.82) is 0 Å². The molecule has 7 aromatic rings. The van der Waals surface area contributed by atoms with Gasteiger partial charge in [0.2, 0.25) is 0 Å². The Bertz CT molecular complexity index is 3590. The van der Waals surface area contributed by atoms with E-state index in [0.717, 1.165) is 18.2 Å². The average molecular weight is 1320 g/mol. The lowest BCUT2D eigenvalue weighted by molar-refractivity contribution is -0.390. The van der Waals surface area contributed by atoms with E-state index in [-0.39, 0.29) is 48.7 Å². The van der Waals surface area contributed by atoms with E-state index in [2.05, 4.69) is 6.58 Å². The largest absolute Gasteiger partial charge is 0.508 e. The third-order valence-electron chi connectivity index (χ3n) is 15.7. The molecule has 22 nitrogen and oxygen atoms in total. The zero-order valence-corrected chi connectivity index (χ0v) is 52.9. The fraction of sp³-hybridized carbons (Fsp3) is 0.324. The van der Waals surface area contributed by atoms with Crippen molar-refractivity contribution in [3.63, 3.8) is 0 Å². The second-order valence-corrected chi connectivity index (χ2v) is 22.4. The molecule has 22 heteroatoms. The summed E-state index contributed by atoms with van der Waals surface area (Å²) in [5.74, 6) is -4.31. The van der Waals surface area contributed by atoms with Gasteiger partial charge in [-0.25, -0.2) is 24.0 Å². The molecule has 0 bridgehead atoms. The van der Waals surface area contributed by atoms with Crippen molar-refractivity contribution in [1.82, 2.24) is 0 Å². The number of hydrogen-bond donors (Lipinski definition) is 0. The lowest BCUT2D eigenvalue weighted by Crippen LogP contribution is -2.68. The Morgan fingerprint density at radius 3 is 1.19 bits per heavy atom. The predicted octanol–water partition coefficient (Wildman–Crippen LogP) is 10.2. The first kappa shape index (κ1) is 69.4. The molecule has 0 aromatic heterocycles. The maximum atomic E-state index is 14.8. The highest BCUT2D eigenvalue weighted by Gasteiger charge is 2.59. The molecular formula is C74H74O22. The van der Waals surface area contributed by atoms with E-state index in [4.69, 9.17) is 75.8 Å². The van der Waals surface area contributed by atoms with Gasteiger partial charge in [0.05, 0.1) is 61.9 Å². The van der Waals surface area contributed by atoms with E-state index in [0.29, 0.717) is 5.56 Å². The SMILES string of the molecule is C=CCO[C@@H]1O[C@@H](C)[C@H](O[C@@H]2O[C@H](COC(=O)c3ccccc3)[C@H](OC(=O)c3ccccc3)[C@H](OC(=O)c3ccccc3)[C@H]2OC(=O)c2ccccc2)[C@@H](OCc2ccccc2)[C@H]1O[C@H]1O[C@H](COC(=O)OC)[C@H](OC(C)=O)[C@H](OCc2ccccc2)[C@H]1OCc1ccccc1. The molecule has 3 aliphatic rings. The van der Waals surface area contributed by atoms with Crippen molar-refractivity contribution in [2.45, 2.75) is 126 Å². The van der Waals surface area contributed by atoms with Crippen molar-refractivity contribution in [2.24, 2.45) is 0 Å². The van der Waals surface area contributed by atoms with Gasteiger partial charge in [-0.2, -0.15) is 0 Å². The number of methoxy groups -OCH3 is 1. The van der Waals surface area contributed by atoms with Gasteiger partial charge in [-0.3, -0.25) is 4.79 Å². The molecule has 0 N–H and O–H groups in total. The van der Waals surface area contributed by atoms with Crippen LogP contribution < -0.4 is 0 Å². The normalized spacial score (nSPS) is 25.4. The number of ether oxygens (including phenoxy) is 16. The van der Waals surface area contributed by atoms with Crippen molar-refractivity contribution in [3.8, 4) is 0 Å². The number of rotatable bonds is 28. The summed E-state index contributed by atoms with van der Waals surface area (Å²) in [7, 11) is 1.13. The molecule has 3 heterocycles. The van der Waals surface area contributed by atoms with Crippen LogP contribution >= 0.6 is 0 Å². The predicted molar refractivity (Wildman–Crippen MR) is 340 cm³/mol. The topological polar surface area (TPSA) is 250 Å². The summed E-state index contributed by atoms with van der Waals surface area (Å²) in [6.45, 7) is 5.21. The standard InChI is InChI=1S/C74H74O22/c1-5-41-82-71-65(96-72-64(85-44-51-31-17-8-18-32-51)62(84-43-50-29-15-7-16-30-50)59(89-48(3)75)57(90-72)46-87-74(80)81-4)61(83-42-49-27-13-6-14-28-49)58(47(2)88-71)95-73-66(94-70(79)55-39-25-12-26-40-55)63(93-69(78)54-37-23-11-24-38-54)60(92-68(77)53-35-21-10-22-36-53)56(91-73)45-86-67(76)52-33-19-9-20-34-52/h5-40,47,56-66,71-73H,1,41-46H2,2-4H3/t47-,56+,57+,58-,59-,60-,61+,62-,63-,64+,65+,66+,71+,72+,73-/m0/s1. The highest BCUT2D eigenvalue weighted by Crippen LogP contribution is 2.39. The molecule has 0 spiro atoms. The number of carbonyl (C=O) groups is 6. The van der Waals surface area contributed by atoms with Crippen LogP contribution in [0.1, 0.15) is 72.0 Å². The van der Waals surface area contributed by atoms with Crippen LogP contribution in [0.25, 0.3) is 0 Å². The maximum Gasteiger partial charge on any atom is 0.508 e. The van der Waals surface area contributed by atoms with Gasteiger partial charge in [-0.15, -0.1) is 6.58 Å². The lowest BCUT2D eigenvalue weighted by atomic mass is 9.95. The molecule has 0 amide bonds. The summed E-state index contributed by atoms with van der Waals surface area (Å²) in [6.07, 6.45) is -22.0. The van der Waals surface area contributed by atoms with E-state index >= 15 is 0 Å². The Labute approximate surface area is 555 Å². The molecule has 0 saturated carbocycles. The van der Waals surface area contributed by atoms with Crippen LogP contribution in [0.5, 0.6) is 0 Å². The van der Waals surface area contributed by atoms with E-state index in [1.165, 1.54) is 49.4 Å². The molecule has 0 unspecified atom stereocenters. The number of carbonyl (C=O) groups excluding carboxylic acids is 6. The molecule has 3 aliphatic heterocycles. The van der Waals surface area contributed by atoms with E-state index in [1.807, 2.05) is 91.0 Å². The Morgan fingerprint density at radius 1 is 0.385 bits per heavy atom. The zero-order valence-electron chi connectivity index (χ0n) is 52.9. The first-order chi connectivity index (χ1) is 46.8. The van der Waals surface area contributed by atoms with Crippen LogP contribution in [0.15, 0.2) is 225 Å². The second-order valence-electron chi connectivity index (χ2n) is 22.4. The van der Waals surface area contributed by atoms with Gasteiger partial charge in [0.25, 0.3) is 0 Å². The third kappa shape index (κ3) is 18.7. The minimum atomic E-state index is -1.88. The van der Waals surface area contributed by atoms with Gasteiger partial charge < -0.3 is 75.8 Å². The average Bonchev–Trinajstić information content (AvgIpc) is 0.768. The van der Waals surface area contributed by atoms with Gasteiger partial charge in [0.15, 0.2) is 43.3 Å². The fourth-order valence-electron chi connectivity index (χ4n) is 11.1. The Hall–Kier alpha value is -9.46. The smallest absolute Gasteiger partial charge is 0.459 e. The fourth-order valence-corrected chi connectivity index (χ4v) is 11.1. The summed E-state index contributed by atoms with van der Waals surface area (Å²) < 4.78 is 104. The van der Waals surface area contributed by atoms with E-state index in [1.54, 1.807) is 91.9 Å². The minimum absolute atomic E-state index is 0.0442. The van der Waals surface area contributed by atoms with Crippen molar-refractivity contribution >= 4 is 36.0 Å². The Kier molecular flexibility index (Phi) is 25.1. The zero-order chi connectivity index (χ0) is 67.2. The van der Waals surface area contributed by atoms with Crippen LogP contribution in [0, 0.1) is 0 Å². The van der Waals surface area contributed by atoms with Crippen molar-refractivity contribution in [2.75, 3.05) is 26.9 Å². The maximum absolute atomic E-state index is 14.8. The molecule has 15 atom stereocenters. The molecule has 502 valence electrons. The third-order valence-corrected chi connectivity index (χ3v) is 15.7. The van der Waals surface area contributed by atoms with Gasteiger partial charge in [-0.05, 0) is 72.1 Å². The van der Waals surface area contributed by atoms with Crippen LogP contribution in [-0.4, -0.2) is 155 Å². The van der Waals surface area contributed by atoms with Crippen LogP contribution in [0.2, 0.25) is 0 Å². The molecule has 0 radical (unpaired) electrons. The molecule has 7 aromatic carbocycles. The molecule has 96 heavy (non-hydrogen) atoms. The highest BCUT2D eigenvalue weighted by molar-refractivity contribution is 5.91. The van der Waals surface area contributed by atoms with E-state index in [9.17, 15) is 28.8 Å². The summed E-state index contributed by atoms with van der Waals surface area (Å²) in [6, 6.07) is 59.5. The van der Waals surface area contributed by atoms with Crippen molar-refractivity contribution in [3.05, 3.63) is 264 Å². The first-order valence-corrected chi connectivity index (χ1v) is 31.2.